The van der Waals surface area contributed by atoms with Crippen molar-refractivity contribution >= 4 is 17.6 Å². The van der Waals surface area contributed by atoms with Gasteiger partial charge in [-0.05, 0) is 54.4 Å². The van der Waals surface area contributed by atoms with E-state index in [1.807, 2.05) is 11.5 Å². The number of ether oxygens (including phenoxy) is 1. The molecule has 2 aromatic heterocycles. The minimum absolute atomic E-state index is 0. The summed E-state index contributed by atoms with van der Waals surface area (Å²) in [6.07, 6.45) is -2.73. The number of halogens is 4. The molecule has 1 aliphatic heterocycles. The Morgan fingerprint density at radius 1 is 1.18 bits per heavy atom. The molecule has 0 saturated carbocycles. The monoisotopic (exact) mass is 670 g/mol. The van der Waals surface area contributed by atoms with Crippen molar-refractivity contribution in [2.45, 2.75) is 39.0 Å². The lowest BCUT2D eigenvalue weighted by molar-refractivity contribution is -0.702. The molecule has 0 amide bonds. The van der Waals surface area contributed by atoms with Gasteiger partial charge in [-0.1, -0.05) is 12.1 Å². The molecule has 2 N–H and O–H groups in total. The van der Waals surface area contributed by atoms with Gasteiger partial charge in [-0.2, -0.15) is 23.0 Å². The van der Waals surface area contributed by atoms with Gasteiger partial charge in [-0.15, -0.1) is 5.10 Å². The van der Waals surface area contributed by atoms with Gasteiger partial charge < -0.3 is 26.8 Å². The number of hydrogen-bond acceptors (Lipinski definition) is 7. The maximum absolute atomic E-state index is 13.6. The molecule has 0 bridgehead atoms. The molecule has 0 unspecified atom stereocenters. The summed E-state index contributed by atoms with van der Waals surface area (Å²) in [4.78, 5) is 28.0. The Kier molecular flexibility index (Phi) is 9.01. The summed E-state index contributed by atoms with van der Waals surface area (Å²) in [5, 5.41) is 26.1. The van der Waals surface area contributed by atoms with Crippen LogP contribution in [-0.4, -0.2) is 33.0 Å². The first-order valence-corrected chi connectivity index (χ1v) is 13.1. The topological polar surface area (TPSA) is 128 Å². The van der Waals surface area contributed by atoms with Crippen LogP contribution < -0.4 is 32.1 Å². The lowest BCUT2D eigenvalue weighted by Gasteiger charge is -2.36. The van der Waals surface area contributed by atoms with Crippen molar-refractivity contribution in [3.05, 3.63) is 110 Å². The van der Waals surface area contributed by atoms with Crippen LogP contribution in [0.5, 0.6) is 5.75 Å². The number of carbonyl (C=O) groups is 1. The van der Waals surface area contributed by atoms with E-state index in [2.05, 4.69) is 16.3 Å². The number of allylic oxidation sites excluding steroid dienone is 1. The lowest BCUT2D eigenvalue weighted by atomic mass is 9.89. The van der Waals surface area contributed by atoms with Crippen LogP contribution in [0.3, 0.4) is 0 Å². The van der Waals surface area contributed by atoms with Crippen LogP contribution in [0, 0.1) is 18.3 Å². The summed E-state index contributed by atoms with van der Waals surface area (Å²) in [5.74, 6) is -0.764. The number of aromatic amines is 1. The molecule has 2 aromatic carbocycles. The Balaban J connectivity index is 0.00000442. The molecule has 4 aromatic rings. The van der Waals surface area contributed by atoms with Crippen molar-refractivity contribution in [3.8, 4) is 11.8 Å². The van der Waals surface area contributed by atoms with Crippen LogP contribution in [0.2, 0.25) is 0 Å². The third-order valence-corrected chi connectivity index (χ3v) is 7.40. The van der Waals surface area contributed by atoms with Crippen molar-refractivity contribution in [2.75, 3.05) is 12.0 Å². The zero-order valence-corrected chi connectivity index (χ0v) is 25.3. The molecule has 0 fully saturated rings. The number of anilines is 2. The van der Waals surface area contributed by atoms with Crippen LogP contribution in [0.1, 0.15) is 40.9 Å². The molecule has 3 heterocycles. The van der Waals surface area contributed by atoms with Gasteiger partial charge in [0.05, 0.1) is 29.9 Å². The fourth-order valence-corrected chi connectivity index (χ4v) is 5.33. The Morgan fingerprint density at radius 3 is 2.61 bits per heavy atom. The zero-order valence-electron chi connectivity index (χ0n) is 23.7. The second-order valence-corrected chi connectivity index (χ2v) is 9.97. The highest BCUT2D eigenvalue weighted by molar-refractivity contribution is 5.93. The average Bonchev–Trinajstić information content (AvgIpc) is 3.36. The Morgan fingerprint density at radius 2 is 1.93 bits per heavy atom. The number of pyridine rings is 1. The molecular weight excluding hydrogens is 645 g/mol. The molecular formula is C30H26BrF3N6O4. The second-order valence-electron chi connectivity index (χ2n) is 9.97. The number of esters is 1. The molecule has 228 valence electrons. The largest absolute Gasteiger partial charge is 1.00 e. The third-order valence-electron chi connectivity index (χ3n) is 7.40. The lowest BCUT2D eigenvalue weighted by Crippen LogP contribution is -3.00. The number of benzene rings is 2. The van der Waals surface area contributed by atoms with Gasteiger partial charge in [0.1, 0.15) is 6.04 Å². The number of fused-ring (bicyclic) bond motifs is 1. The van der Waals surface area contributed by atoms with Crippen molar-refractivity contribution in [1.82, 2.24) is 14.8 Å². The van der Waals surface area contributed by atoms with Gasteiger partial charge in [0, 0.05) is 30.8 Å². The van der Waals surface area contributed by atoms with Gasteiger partial charge in [-0.3, -0.25) is 4.90 Å². The Hall–Kier alpha value is -4.90. The predicted molar refractivity (Wildman–Crippen MR) is 147 cm³/mol. The van der Waals surface area contributed by atoms with Gasteiger partial charge >= 0.3 is 17.8 Å². The minimum atomic E-state index is -4.63. The van der Waals surface area contributed by atoms with E-state index >= 15 is 0 Å². The molecule has 0 radical (unpaired) electrons. The van der Waals surface area contributed by atoms with E-state index in [4.69, 9.17) is 4.74 Å². The van der Waals surface area contributed by atoms with Crippen molar-refractivity contribution in [1.29, 1.82) is 5.26 Å². The number of alkyl halides is 3. The fourth-order valence-electron chi connectivity index (χ4n) is 5.33. The van der Waals surface area contributed by atoms with E-state index in [1.165, 1.54) is 35.6 Å². The first-order chi connectivity index (χ1) is 20.4. The summed E-state index contributed by atoms with van der Waals surface area (Å²) >= 11 is 0. The molecule has 0 spiro atoms. The van der Waals surface area contributed by atoms with Gasteiger partial charge in [0.15, 0.2) is 18.0 Å². The first kappa shape index (κ1) is 32.0. The van der Waals surface area contributed by atoms with Crippen molar-refractivity contribution in [2.24, 2.45) is 0 Å². The highest BCUT2D eigenvalue weighted by Gasteiger charge is 2.41. The van der Waals surface area contributed by atoms with Crippen LogP contribution in [-0.2, 0) is 28.7 Å². The average molecular weight is 671 g/mol. The summed E-state index contributed by atoms with van der Waals surface area (Å²) in [6.45, 7) is 3.79. The summed E-state index contributed by atoms with van der Waals surface area (Å²) in [6, 6.07) is 13.6. The molecule has 14 heteroatoms. The molecule has 0 saturated heterocycles. The maximum atomic E-state index is 13.6. The van der Waals surface area contributed by atoms with E-state index in [1.54, 1.807) is 36.5 Å². The van der Waals surface area contributed by atoms with Crippen LogP contribution in [0.15, 0.2) is 76.9 Å². The van der Waals surface area contributed by atoms with E-state index in [0.29, 0.717) is 29.7 Å². The normalized spacial score (nSPS) is 14.5. The molecule has 44 heavy (non-hydrogen) atoms. The second kappa shape index (κ2) is 12.4. The Labute approximate surface area is 260 Å². The summed E-state index contributed by atoms with van der Waals surface area (Å²) in [7, 11) is 1.17. The van der Waals surface area contributed by atoms with Gasteiger partial charge in [0.2, 0.25) is 12.1 Å². The highest BCUT2D eigenvalue weighted by Crippen LogP contribution is 2.43. The van der Waals surface area contributed by atoms with Crippen LogP contribution in [0.25, 0.3) is 0 Å². The first-order valence-electron chi connectivity index (χ1n) is 13.1. The molecule has 0 aliphatic carbocycles. The van der Waals surface area contributed by atoms with E-state index in [-0.39, 0.29) is 45.6 Å². The van der Waals surface area contributed by atoms with Gasteiger partial charge in [-0.25, -0.2) is 19.3 Å². The number of aryl methyl sites for hydroxylation is 3. The number of methoxy groups -OCH3 is 1. The maximum Gasteiger partial charge on any atom is 0.416 e. The summed E-state index contributed by atoms with van der Waals surface area (Å²) < 4.78 is 48.9. The minimum Gasteiger partial charge on any atom is -1.00 e. The van der Waals surface area contributed by atoms with Crippen molar-refractivity contribution in [3.63, 3.8) is 0 Å². The number of rotatable bonds is 6. The molecule has 5 rings (SSSR count). The highest BCUT2D eigenvalue weighted by atomic mass is 79.9. The third kappa shape index (κ3) is 5.83. The number of aromatic nitrogens is 4. The number of aromatic hydroxyl groups is 1. The quantitative estimate of drug-likeness (QED) is 0.233. The number of nitriles is 1. The SMILES string of the molecule is COC(=O)C1=C(C)N(c2cccc(C(F)(F)F)c2)c2n[nH]c(=O)n2[C@@H]1c1ccc(C#N)cc1CC[n+]1cc(O)ccc1C.[Br-]. The zero-order chi connectivity index (χ0) is 31.1. The molecule has 1 atom stereocenters. The fraction of sp³-hybridized carbons (Fsp3) is 0.233. The standard InChI is InChI=1S/C30H25F3N6O4.BrH/c1-17-7-9-23(40)16-37(17)12-11-20-13-19(15-34)8-10-24(20)26-25(27(41)43-3)18(2)38(28-35-36-29(42)39(26)28)22-6-4-5-21(14-22)30(31,32)33;/h4-10,13-14,16,26H,11-12H2,1-3H3,(H-,36,40,42);1H/t26-;/m1./s1. The van der Waals surface area contributed by atoms with Crippen LogP contribution >= 0.6 is 0 Å². The number of H-pyrrole nitrogens is 1. The van der Waals surface area contributed by atoms with E-state index in [9.17, 15) is 33.1 Å². The molecule has 1 aliphatic rings. The number of nitrogens with zero attached hydrogens (tertiary/aromatic N) is 5. The number of hydrogen-bond donors (Lipinski definition) is 2. The predicted octanol–water partition coefficient (Wildman–Crippen LogP) is 1.20. The van der Waals surface area contributed by atoms with E-state index < -0.39 is 29.4 Å². The number of carbonyl (C=O) groups excluding carboxylic acids is 1. The molecule has 10 nitrogen and oxygen atoms in total. The Bertz CT molecular complexity index is 1880. The smallest absolute Gasteiger partial charge is 0.416 e. The van der Waals surface area contributed by atoms with Gasteiger partial charge in [0.25, 0.3) is 0 Å². The van der Waals surface area contributed by atoms with Crippen LogP contribution in [0.4, 0.5) is 24.8 Å². The summed E-state index contributed by atoms with van der Waals surface area (Å²) in [5.41, 5.74) is 0.938. The number of nitrogens with one attached hydrogen (secondary N) is 1. The van der Waals surface area contributed by atoms with Crippen molar-refractivity contribution < 1.29 is 49.4 Å². The van der Waals surface area contributed by atoms with E-state index in [0.717, 1.165) is 17.8 Å².